The Balaban J connectivity index is 1.92. The van der Waals surface area contributed by atoms with Crippen molar-refractivity contribution in [3.05, 3.63) is 22.6 Å². The lowest BCUT2D eigenvalue weighted by atomic mass is 9.96. The molecule has 17 nitrogen and oxygen atoms in total. The van der Waals surface area contributed by atoms with E-state index in [2.05, 4.69) is 30.4 Å². The molecule has 3 heterocycles. The zero-order valence-corrected chi connectivity index (χ0v) is 21.6. The quantitative estimate of drug-likeness (QED) is 0.123. The number of nitrogens with zero attached hydrogens (tertiary/aromatic N) is 2. The molecule has 1 saturated heterocycles. The Bertz CT molecular complexity index is 1430. The summed E-state index contributed by atoms with van der Waals surface area (Å²) < 4.78 is 53.7. The standard InChI is InChI=1S/C15H20ClN4O13P3/c1-3-5-15(16)10(21)9(7(2)31-35(26,27)33-36(28,29)32-34(23,24)25)30-13(15)20-6-4-8-11(20)18-14(17)19-12(8)22/h4,6-7,9-10,13,21H,1-2H3,(H,26,27)(H,28,29)(H2,23,24,25)(H3,17,18,19,22)/t7-,9-,10+,13-,15?/m1/s1. The van der Waals surface area contributed by atoms with Gasteiger partial charge >= 0.3 is 23.5 Å². The Morgan fingerprint density at radius 3 is 2.50 bits per heavy atom. The van der Waals surface area contributed by atoms with Crippen molar-refractivity contribution in [3.63, 3.8) is 0 Å². The molecule has 1 aliphatic rings. The first-order valence-corrected chi connectivity index (χ1v) is 14.4. The summed E-state index contributed by atoms with van der Waals surface area (Å²) >= 11 is 6.62. The van der Waals surface area contributed by atoms with Crippen LogP contribution in [0.25, 0.3) is 11.0 Å². The molecule has 36 heavy (non-hydrogen) atoms. The maximum Gasteiger partial charge on any atom is 0.490 e. The van der Waals surface area contributed by atoms with Crippen molar-refractivity contribution < 1.29 is 56.3 Å². The van der Waals surface area contributed by atoms with E-state index in [0.717, 1.165) is 6.92 Å². The van der Waals surface area contributed by atoms with Crippen LogP contribution in [0.15, 0.2) is 17.1 Å². The maximum absolute atomic E-state index is 12.2. The zero-order chi connectivity index (χ0) is 27.3. The molecule has 7 atom stereocenters. The van der Waals surface area contributed by atoms with Gasteiger partial charge in [-0.2, -0.15) is 13.6 Å². The number of aliphatic hydroxyl groups is 1. The number of alkyl halides is 1. The minimum absolute atomic E-state index is 0.0116. The van der Waals surface area contributed by atoms with Crippen LogP contribution in [0, 0.1) is 11.8 Å². The van der Waals surface area contributed by atoms with Crippen LogP contribution >= 0.6 is 35.1 Å². The Labute approximate surface area is 206 Å². The fourth-order valence-electron chi connectivity index (χ4n) is 3.49. The first-order chi connectivity index (χ1) is 16.4. The lowest BCUT2D eigenvalue weighted by Crippen LogP contribution is -2.43. The molecule has 0 aromatic carbocycles. The Morgan fingerprint density at radius 2 is 1.92 bits per heavy atom. The Morgan fingerprint density at radius 1 is 1.28 bits per heavy atom. The van der Waals surface area contributed by atoms with Gasteiger partial charge in [0.05, 0.1) is 11.5 Å². The lowest BCUT2D eigenvalue weighted by molar-refractivity contribution is -0.0727. The number of phosphoric ester groups is 1. The highest BCUT2D eigenvalue weighted by atomic mass is 35.5. The van der Waals surface area contributed by atoms with Gasteiger partial charge in [-0.15, -0.1) is 5.92 Å². The van der Waals surface area contributed by atoms with Crippen molar-refractivity contribution in [3.8, 4) is 11.8 Å². The van der Waals surface area contributed by atoms with Crippen LogP contribution in [0.3, 0.4) is 0 Å². The number of nitrogens with two attached hydrogens (primary N) is 1. The van der Waals surface area contributed by atoms with Gasteiger partial charge in [-0.25, -0.2) is 13.7 Å². The van der Waals surface area contributed by atoms with Gasteiger partial charge in [-0.3, -0.25) is 14.3 Å². The van der Waals surface area contributed by atoms with Gasteiger partial charge in [0.25, 0.3) is 5.56 Å². The summed E-state index contributed by atoms with van der Waals surface area (Å²) in [6, 6.07) is 1.37. The summed E-state index contributed by atoms with van der Waals surface area (Å²) in [5.41, 5.74) is 5.05. The number of hydrogen-bond donors (Lipinski definition) is 7. The third-order valence-electron chi connectivity index (χ3n) is 4.73. The minimum Gasteiger partial charge on any atom is -0.387 e. The first-order valence-electron chi connectivity index (χ1n) is 9.54. The Hall–Kier alpha value is -1.60. The molecule has 0 aliphatic carbocycles. The molecule has 3 unspecified atom stereocenters. The van der Waals surface area contributed by atoms with Crippen molar-refractivity contribution in [2.75, 3.05) is 5.73 Å². The number of rotatable bonds is 8. The van der Waals surface area contributed by atoms with Gasteiger partial charge in [0.2, 0.25) is 5.95 Å². The predicted octanol–water partition coefficient (Wildman–Crippen LogP) is 0.298. The van der Waals surface area contributed by atoms with Crippen LogP contribution in [0.2, 0.25) is 0 Å². The van der Waals surface area contributed by atoms with E-state index in [1.807, 2.05) is 0 Å². The van der Waals surface area contributed by atoms with E-state index in [1.54, 1.807) is 0 Å². The van der Waals surface area contributed by atoms with E-state index in [4.69, 9.17) is 36.4 Å². The average Bonchev–Trinajstić information content (AvgIpc) is 3.18. The second-order valence-corrected chi connectivity index (χ2v) is 12.4. The fraction of sp³-hybridized carbons (Fsp3) is 0.467. The van der Waals surface area contributed by atoms with Crippen molar-refractivity contribution in [1.29, 1.82) is 0 Å². The summed E-state index contributed by atoms with van der Waals surface area (Å²) in [7, 11) is -16.9. The summed E-state index contributed by atoms with van der Waals surface area (Å²) in [5, 5.41) is 11.0. The minimum atomic E-state index is -5.77. The first kappa shape index (κ1) is 29.0. The van der Waals surface area contributed by atoms with Crippen LogP contribution in [-0.4, -0.2) is 62.4 Å². The van der Waals surface area contributed by atoms with Crippen LogP contribution in [0.4, 0.5) is 5.95 Å². The molecule has 0 spiro atoms. The molecule has 8 N–H and O–H groups in total. The van der Waals surface area contributed by atoms with Gasteiger partial charge < -0.3 is 39.7 Å². The smallest absolute Gasteiger partial charge is 0.387 e. The number of halogens is 1. The second-order valence-electron chi connectivity index (χ2n) is 7.35. The SMILES string of the molecule is CC#CC1(Cl)[C@@H](O)[C@@H]([C@@H](C)OP(=O)(O)OP(=O)(O)OP(=O)(O)O)O[C@H]1n1ccc2c(=O)[nH]c(N)nc21. The number of ether oxygens (including phenoxy) is 1. The number of nitrogens with one attached hydrogen (secondary N) is 1. The average molecular weight is 593 g/mol. The lowest BCUT2D eigenvalue weighted by Gasteiger charge is -2.26. The van der Waals surface area contributed by atoms with Crippen LogP contribution in [0.1, 0.15) is 20.1 Å². The fourth-order valence-corrected chi connectivity index (χ4v) is 7.06. The molecule has 1 aliphatic heterocycles. The number of anilines is 1. The third kappa shape index (κ3) is 6.09. The zero-order valence-electron chi connectivity index (χ0n) is 18.2. The van der Waals surface area contributed by atoms with Gasteiger partial charge in [0.1, 0.15) is 12.2 Å². The highest BCUT2D eigenvalue weighted by Crippen LogP contribution is 2.66. The van der Waals surface area contributed by atoms with Crippen LogP contribution in [-0.2, 0) is 31.6 Å². The van der Waals surface area contributed by atoms with Gasteiger partial charge in [0.15, 0.2) is 16.7 Å². The van der Waals surface area contributed by atoms with E-state index in [9.17, 15) is 33.4 Å². The van der Waals surface area contributed by atoms with Gasteiger partial charge in [-0.1, -0.05) is 17.5 Å². The van der Waals surface area contributed by atoms with E-state index in [1.165, 1.54) is 23.8 Å². The molecule has 2 aromatic heterocycles. The van der Waals surface area contributed by atoms with Crippen molar-refractivity contribution in [2.24, 2.45) is 0 Å². The number of aliphatic hydroxyl groups excluding tert-OH is 1. The molecule has 1 fully saturated rings. The summed E-state index contributed by atoms with van der Waals surface area (Å²) in [4.78, 5) is 53.0. The molecule has 3 rings (SSSR count). The van der Waals surface area contributed by atoms with Crippen LogP contribution in [0.5, 0.6) is 0 Å². The monoisotopic (exact) mass is 592 g/mol. The topological polar surface area (TPSA) is 266 Å². The van der Waals surface area contributed by atoms with E-state index < -0.39 is 58.4 Å². The normalized spacial score (nSPS) is 28.7. The number of aromatic nitrogens is 3. The summed E-state index contributed by atoms with van der Waals surface area (Å²) in [5.74, 6) is 4.87. The predicted molar refractivity (Wildman–Crippen MR) is 121 cm³/mol. The maximum atomic E-state index is 12.2. The number of nitrogen functional groups attached to an aromatic ring is 1. The number of phosphoric acid groups is 3. The van der Waals surface area contributed by atoms with E-state index in [-0.39, 0.29) is 17.0 Å². The molecule has 0 radical (unpaired) electrons. The number of hydrogen-bond acceptors (Lipinski definition) is 11. The molecule has 200 valence electrons. The highest BCUT2D eigenvalue weighted by molar-refractivity contribution is 7.66. The number of aromatic amines is 1. The molecule has 21 heteroatoms. The van der Waals surface area contributed by atoms with Crippen molar-refractivity contribution in [1.82, 2.24) is 14.5 Å². The molecule has 2 aromatic rings. The molecule has 0 amide bonds. The second kappa shape index (κ2) is 9.94. The number of fused-ring (bicyclic) bond motifs is 1. The van der Waals surface area contributed by atoms with E-state index >= 15 is 0 Å². The number of H-pyrrole nitrogens is 1. The molecule has 0 saturated carbocycles. The summed E-state index contributed by atoms with van der Waals surface area (Å²) in [6.07, 6.45) is -4.92. The molecule has 0 bridgehead atoms. The van der Waals surface area contributed by atoms with Gasteiger partial charge in [0, 0.05) is 6.20 Å². The van der Waals surface area contributed by atoms with E-state index in [0.29, 0.717) is 0 Å². The third-order valence-corrected chi connectivity index (χ3v) is 9.17. The Kier molecular flexibility index (Phi) is 7.99. The largest absolute Gasteiger partial charge is 0.490 e. The molecular formula is C15H20ClN4O13P3. The summed E-state index contributed by atoms with van der Waals surface area (Å²) in [6.45, 7) is 2.51. The van der Waals surface area contributed by atoms with Crippen molar-refractivity contribution in [2.45, 2.75) is 43.3 Å². The van der Waals surface area contributed by atoms with Crippen LogP contribution < -0.4 is 11.3 Å². The highest BCUT2D eigenvalue weighted by Gasteiger charge is 2.58. The molecular weight excluding hydrogens is 573 g/mol. The van der Waals surface area contributed by atoms with Gasteiger partial charge in [-0.05, 0) is 19.9 Å². The van der Waals surface area contributed by atoms with Crippen molar-refractivity contribution >= 4 is 52.1 Å².